The predicted octanol–water partition coefficient (Wildman–Crippen LogP) is 5.86. The second-order valence-electron chi connectivity index (χ2n) is 5.88. The van der Waals surface area contributed by atoms with Crippen molar-refractivity contribution in [3.8, 4) is 5.75 Å². The Labute approximate surface area is 162 Å². The molecule has 0 bridgehead atoms. The van der Waals surface area contributed by atoms with Crippen LogP contribution in [0.4, 0.5) is 0 Å². The number of hydrogen-bond donors (Lipinski definition) is 1. The molecule has 0 saturated heterocycles. The highest BCUT2D eigenvalue weighted by Gasteiger charge is 2.15. The third-order valence-corrected chi connectivity index (χ3v) is 5.31. The van der Waals surface area contributed by atoms with E-state index >= 15 is 0 Å². The molecule has 0 aliphatic rings. The highest BCUT2D eigenvalue weighted by molar-refractivity contribution is 7.12. The molecule has 0 spiro atoms. The van der Waals surface area contributed by atoms with Crippen LogP contribution >= 0.6 is 22.9 Å². The molecule has 2 aromatic carbocycles. The smallest absolute Gasteiger partial charge is 0.261 e. The van der Waals surface area contributed by atoms with Crippen LogP contribution in [-0.2, 0) is 6.61 Å². The summed E-state index contributed by atoms with van der Waals surface area (Å²) in [4.78, 5) is 13.2. The molecule has 1 atom stereocenters. The fourth-order valence-electron chi connectivity index (χ4n) is 2.63. The summed E-state index contributed by atoms with van der Waals surface area (Å²) in [6.07, 6.45) is 0.837. The van der Waals surface area contributed by atoms with Crippen LogP contribution in [0.25, 0.3) is 0 Å². The summed E-state index contributed by atoms with van der Waals surface area (Å²) in [5.41, 5.74) is 2.06. The van der Waals surface area contributed by atoms with Gasteiger partial charge < -0.3 is 10.1 Å². The standard InChI is InChI=1S/C21H20ClNO2S/c1-2-18(16-8-4-3-5-9-16)23-21(24)20-12-15(14-26-20)13-25-19-11-7-6-10-17(19)22/h3-12,14,18H,2,13H2,1H3,(H,23,24). The van der Waals surface area contributed by atoms with Crippen molar-refractivity contribution in [3.63, 3.8) is 0 Å². The van der Waals surface area contributed by atoms with Crippen LogP contribution in [0.2, 0.25) is 5.02 Å². The normalized spacial score (nSPS) is 11.8. The minimum Gasteiger partial charge on any atom is -0.487 e. The van der Waals surface area contributed by atoms with E-state index in [9.17, 15) is 4.79 Å². The average Bonchev–Trinajstić information content (AvgIpc) is 3.15. The number of thiophene rings is 1. The van der Waals surface area contributed by atoms with Gasteiger partial charge in [0.1, 0.15) is 12.4 Å². The summed E-state index contributed by atoms with van der Waals surface area (Å²) < 4.78 is 5.73. The van der Waals surface area contributed by atoms with Crippen LogP contribution in [-0.4, -0.2) is 5.91 Å². The number of nitrogens with one attached hydrogen (secondary N) is 1. The molecule has 0 aliphatic carbocycles. The topological polar surface area (TPSA) is 38.3 Å². The van der Waals surface area contributed by atoms with Gasteiger partial charge in [-0.3, -0.25) is 4.79 Å². The number of hydrogen-bond acceptors (Lipinski definition) is 3. The molecule has 1 heterocycles. The Kier molecular flexibility index (Phi) is 6.31. The van der Waals surface area contributed by atoms with E-state index in [1.54, 1.807) is 6.07 Å². The lowest BCUT2D eigenvalue weighted by atomic mass is 10.0. The maximum absolute atomic E-state index is 12.6. The average molecular weight is 386 g/mol. The molecule has 134 valence electrons. The largest absolute Gasteiger partial charge is 0.487 e. The van der Waals surface area contributed by atoms with Crippen molar-refractivity contribution < 1.29 is 9.53 Å². The van der Waals surface area contributed by atoms with Crippen LogP contribution in [0.5, 0.6) is 5.75 Å². The van der Waals surface area contributed by atoms with Gasteiger partial charge in [-0.05, 0) is 35.6 Å². The maximum Gasteiger partial charge on any atom is 0.261 e. The number of halogens is 1. The van der Waals surface area contributed by atoms with Gasteiger partial charge in [0.05, 0.1) is 15.9 Å². The SMILES string of the molecule is CCC(NC(=O)c1cc(COc2ccccc2Cl)cs1)c1ccccc1. The van der Waals surface area contributed by atoms with Crippen LogP contribution in [0, 0.1) is 0 Å². The molecule has 3 aromatic rings. The van der Waals surface area contributed by atoms with Gasteiger partial charge in [-0.1, -0.05) is 61.0 Å². The van der Waals surface area contributed by atoms with E-state index in [0.717, 1.165) is 17.5 Å². The van der Waals surface area contributed by atoms with E-state index in [2.05, 4.69) is 12.2 Å². The molecule has 3 rings (SSSR count). The first kappa shape index (κ1) is 18.5. The minimum absolute atomic E-state index is 0.00799. The van der Waals surface area contributed by atoms with Crippen LogP contribution in [0.3, 0.4) is 0 Å². The first-order valence-corrected chi connectivity index (χ1v) is 9.73. The van der Waals surface area contributed by atoms with Crippen molar-refractivity contribution in [2.24, 2.45) is 0 Å². The van der Waals surface area contributed by atoms with Crippen LogP contribution in [0.1, 0.15) is 40.2 Å². The monoisotopic (exact) mass is 385 g/mol. The van der Waals surface area contributed by atoms with Crippen molar-refractivity contribution in [1.82, 2.24) is 5.32 Å². The zero-order valence-electron chi connectivity index (χ0n) is 14.4. The summed E-state index contributed by atoms with van der Waals surface area (Å²) >= 11 is 7.51. The molecule has 0 saturated carbocycles. The molecule has 3 nitrogen and oxygen atoms in total. The first-order chi connectivity index (χ1) is 12.7. The zero-order chi connectivity index (χ0) is 18.4. The first-order valence-electron chi connectivity index (χ1n) is 8.48. The fourth-order valence-corrected chi connectivity index (χ4v) is 3.62. The van der Waals surface area contributed by atoms with Crippen LogP contribution in [0.15, 0.2) is 66.0 Å². The number of benzene rings is 2. The van der Waals surface area contributed by atoms with E-state index in [1.165, 1.54) is 11.3 Å². The Hall–Kier alpha value is -2.30. The van der Waals surface area contributed by atoms with Gasteiger partial charge >= 0.3 is 0 Å². The van der Waals surface area contributed by atoms with E-state index in [0.29, 0.717) is 22.3 Å². The van der Waals surface area contributed by atoms with Gasteiger partial charge in [0.25, 0.3) is 5.91 Å². The number of carbonyl (C=O) groups excluding carboxylic acids is 1. The molecule has 1 aromatic heterocycles. The highest BCUT2D eigenvalue weighted by Crippen LogP contribution is 2.25. The van der Waals surface area contributed by atoms with Gasteiger partial charge in [0.2, 0.25) is 0 Å². The number of rotatable bonds is 7. The minimum atomic E-state index is -0.0605. The van der Waals surface area contributed by atoms with Crippen molar-refractivity contribution >= 4 is 28.8 Å². The van der Waals surface area contributed by atoms with E-state index in [-0.39, 0.29) is 11.9 Å². The van der Waals surface area contributed by atoms with Crippen molar-refractivity contribution in [2.75, 3.05) is 0 Å². The van der Waals surface area contributed by atoms with E-state index in [4.69, 9.17) is 16.3 Å². The van der Waals surface area contributed by atoms with Gasteiger partial charge in [-0.15, -0.1) is 11.3 Å². The molecule has 0 fully saturated rings. The molecule has 1 unspecified atom stereocenters. The predicted molar refractivity (Wildman–Crippen MR) is 107 cm³/mol. The lowest BCUT2D eigenvalue weighted by Gasteiger charge is -2.16. The van der Waals surface area contributed by atoms with E-state index in [1.807, 2.05) is 60.0 Å². The molecule has 5 heteroatoms. The summed E-state index contributed by atoms with van der Waals surface area (Å²) in [5.74, 6) is 0.580. The van der Waals surface area contributed by atoms with Crippen LogP contribution < -0.4 is 10.1 Å². The zero-order valence-corrected chi connectivity index (χ0v) is 16.0. The summed E-state index contributed by atoms with van der Waals surface area (Å²) in [7, 11) is 0. The van der Waals surface area contributed by atoms with Gasteiger partial charge in [0.15, 0.2) is 0 Å². The number of para-hydroxylation sites is 1. The molecule has 1 N–H and O–H groups in total. The lowest BCUT2D eigenvalue weighted by molar-refractivity contribution is 0.0939. The number of carbonyl (C=O) groups is 1. The van der Waals surface area contributed by atoms with E-state index < -0.39 is 0 Å². The number of ether oxygens (including phenoxy) is 1. The van der Waals surface area contributed by atoms with Crippen molar-refractivity contribution in [2.45, 2.75) is 26.0 Å². The Balaban J connectivity index is 1.61. The van der Waals surface area contributed by atoms with Crippen molar-refractivity contribution in [1.29, 1.82) is 0 Å². The molecule has 0 aliphatic heterocycles. The summed E-state index contributed by atoms with van der Waals surface area (Å²) in [5, 5.41) is 5.62. The molecular weight excluding hydrogens is 366 g/mol. The number of amides is 1. The van der Waals surface area contributed by atoms with Crippen molar-refractivity contribution in [3.05, 3.63) is 87.1 Å². The van der Waals surface area contributed by atoms with Gasteiger partial charge in [-0.2, -0.15) is 0 Å². The Morgan fingerprint density at radius 3 is 2.62 bits per heavy atom. The molecule has 0 radical (unpaired) electrons. The molecule has 1 amide bonds. The highest BCUT2D eigenvalue weighted by atomic mass is 35.5. The Morgan fingerprint density at radius 1 is 1.15 bits per heavy atom. The molecule has 26 heavy (non-hydrogen) atoms. The lowest BCUT2D eigenvalue weighted by Crippen LogP contribution is -2.27. The third kappa shape index (κ3) is 4.65. The molecular formula is C21H20ClNO2S. The second-order valence-corrected chi connectivity index (χ2v) is 7.20. The third-order valence-electron chi connectivity index (χ3n) is 4.02. The van der Waals surface area contributed by atoms with Gasteiger partial charge in [-0.25, -0.2) is 0 Å². The Morgan fingerprint density at radius 2 is 1.88 bits per heavy atom. The van der Waals surface area contributed by atoms with Gasteiger partial charge in [0, 0.05) is 5.56 Å². The maximum atomic E-state index is 12.6. The quantitative estimate of drug-likeness (QED) is 0.553. The Bertz CT molecular complexity index is 863. The second kappa shape index (κ2) is 8.88. The summed E-state index contributed by atoms with van der Waals surface area (Å²) in [6.45, 7) is 2.44. The summed E-state index contributed by atoms with van der Waals surface area (Å²) in [6, 6.07) is 19.2. The fraction of sp³-hybridized carbons (Fsp3) is 0.190.